The second kappa shape index (κ2) is 4.61. The number of aryl methyl sites for hydroxylation is 1. The highest BCUT2D eigenvalue weighted by molar-refractivity contribution is 5.54. The fourth-order valence-corrected chi connectivity index (χ4v) is 1.27. The van der Waals surface area contributed by atoms with Crippen LogP contribution in [0.3, 0.4) is 0 Å². The molecule has 1 N–H and O–H groups in total. The predicted octanol–water partition coefficient (Wildman–Crippen LogP) is 1.45. The van der Waals surface area contributed by atoms with Gasteiger partial charge >= 0.3 is 0 Å². The van der Waals surface area contributed by atoms with Gasteiger partial charge in [-0.2, -0.15) is 5.10 Å². The topological polar surface area (TPSA) is 64.9 Å². The third-order valence-corrected chi connectivity index (χ3v) is 2.08. The van der Waals surface area contributed by atoms with Gasteiger partial charge in [0.1, 0.15) is 12.1 Å². The van der Waals surface area contributed by atoms with E-state index in [1.165, 1.54) is 6.33 Å². The molecule has 0 atom stereocenters. The Morgan fingerprint density at radius 3 is 3.00 bits per heavy atom. The summed E-state index contributed by atoms with van der Waals surface area (Å²) in [5.41, 5.74) is 0.891. The number of hydrogen-bond acceptors (Lipinski definition) is 5. The summed E-state index contributed by atoms with van der Waals surface area (Å²) in [6.45, 7) is 2.87. The molecule has 0 amide bonds. The molecule has 0 unspecified atom stereocenters. The molecule has 0 saturated heterocycles. The zero-order valence-electron chi connectivity index (χ0n) is 9.21. The van der Waals surface area contributed by atoms with Crippen LogP contribution in [0.25, 0.3) is 0 Å². The summed E-state index contributed by atoms with van der Waals surface area (Å²) in [7, 11) is 1.57. The van der Waals surface area contributed by atoms with Crippen molar-refractivity contribution in [1.29, 1.82) is 0 Å². The van der Waals surface area contributed by atoms with Gasteiger partial charge in [-0.1, -0.05) is 0 Å². The van der Waals surface area contributed by atoms with Crippen LogP contribution in [0.5, 0.6) is 5.88 Å². The SMILES string of the molecule is CCn1cc(Nc2cc(OC)ncn2)cn1. The van der Waals surface area contributed by atoms with Gasteiger partial charge in [0.2, 0.25) is 5.88 Å². The van der Waals surface area contributed by atoms with E-state index in [9.17, 15) is 0 Å². The Bertz CT molecular complexity index is 468. The fourth-order valence-electron chi connectivity index (χ4n) is 1.27. The number of anilines is 2. The molecule has 84 valence electrons. The normalized spacial score (nSPS) is 10.1. The maximum Gasteiger partial charge on any atom is 0.218 e. The van der Waals surface area contributed by atoms with Crippen molar-refractivity contribution in [2.75, 3.05) is 12.4 Å². The fraction of sp³-hybridized carbons (Fsp3) is 0.300. The van der Waals surface area contributed by atoms with E-state index >= 15 is 0 Å². The van der Waals surface area contributed by atoms with Gasteiger partial charge in [-0.3, -0.25) is 4.68 Å². The monoisotopic (exact) mass is 219 g/mol. The van der Waals surface area contributed by atoms with E-state index in [0.717, 1.165) is 12.2 Å². The molecule has 6 nitrogen and oxygen atoms in total. The van der Waals surface area contributed by atoms with Gasteiger partial charge in [-0.05, 0) is 6.92 Å². The molecule has 0 aliphatic heterocycles. The van der Waals surface area contributed by atoms with Gasteiger partial charge in [0, 0.05) is 18.8 Å². The van der Waals surface area contributed by atoms with Gasteiger partial charge in [-0.15, -0.1) is 0 Å². The second-order valence-electron chi connectivity index (χ2n) is 3.16. The minimum atomic E-state index is 0.528. The van der Waals surface area contributed by atoms with Crippen molar-refractivity contribution < 1.29 is 4.74 Å². The van der Waals surface area contributed by atoms with E-state index in [4.69, 9.17) is 4.74 Å². The van der Waals surface area contributed by atoms with Crippen LogP contribution in [0.15, 0.2) is 24.8 Å². The number of aromatic nitrogens is 4. The van der Waals surface area contributed by atoms with Crippen LogP contribution in [0.1, 0.15) is 6.92 Å². The maximum absolute atomic E-state index is 5.01. The number of nitrogens with zero attached hydrogens (tertiary/aromatic N) is 4. The largest absolute Gasteiger partial charge is 0.481 e. The lowest BCUT2D eigenvalue weighted by molar-refractivity contribution is 0.397. The third-order valence-electron chi connectivity index (χ3n) is 2.08. The van der Waals surface area contributed by atoms with Crippen LogP contribution < -0.4 is 10.1 Å². The molecule has 16 heavy (non-hydrogen) atoms. The van der Waals surface area contributed by atoms with Crippen LogP contribution in [-0.2, 0) is 6.54 Å². The summed E-state index contributed by atoms with van der Waals surface area (Å²) in [5, 5.41) is 7.27. The number of ether oxygens (including phenoxy) is 1. The summed E-state index contributed by atoms with van der Waals surface area (Å²) in [6, 6.07) is 1.73. The molecule has 2 heterocycles. The molecule has 0 radical (unpaired) electrons. The lowest BCUT2D eigenvalue weighted by Gasteiger charge is -2.03. The second-order valence-corrected chi connectivity index (χ2v) is 3.16. The minimum Gasteiger partial charge on any atom is -0.481 e. The molecular formula is C10H13N5O. The smallest absolute Gasteiger partial charge is 0.218 e. The molecule has 2 rings (SSSR count). The Morgan fingerprint density at radius 1 is 1.44 bits per heavy atom. The van der Waals surface area contributed by atoms with E-state index in [2.05, 4.69) is 20.4 Å². The van der Waals surface area contributed by atoms with Crippen LogP contribution in [0.2, 0.25) is 0 Å². The zero-order valence-corrected chi connectivity index (χ0v) is 9.21. The summed E-state index contributed by atoms with van der Waals surface area (Å²) in [6.07, 6.45) is 5.11. The predicted molar refractivity (Wildman–Crippen MR) is 59.8 cm³/mol. The van der Waals surface area contributed by atoms with Crippen molar-refractivity contribution in [3.63, 3.8) is 0 Å². The Hall–Kier alpha value is -2.11. The standard InChI is InChI=1S/C10H13N5O/c1-3-15-6-8(5-13-15)14-9-4-10(16-2)12-7-11-9/h4-7H,3H2,1-2H3,(H,11,12,14). The lowest BCUT2D eigenvalue weighted by atomic mass is 10.5. The minimum absolute atomic E-state index is 0.528. The van der Waals surface area contributed by atoms with Crippen LogP contribution >= 0.6 is 0 Å². The van der Waals surface area contributed by atoms with E-state index in [0.29, 0.717) is 11.7 Å². The van der Waals surface area contributed by atoms with Crippen molar-refractivity contribution in [3.8, 4) is 5.88 Å². The molecule has 2 aromatic heterocycles. The Labute approximate surface area is 93.3 Å². The average Bonchev–Trinajstić information content (AvgIpc) is 2.77. The van der Waals surface area contributed by atoms with Crippen LogP contribution in [-0.4, -0.2) is 26.9 Å². The van der Waals surface area contributed by atoms with Crippen LogP contribution in [0, 0.1) is 0 Å². The third kappa shape index (κ3) is 2.28. The van der Waals surface area contributed by atoms with Gasteiger partial charge in [-0.25, -0.2) is 9.97 Å². The molecule has 0 spiro atoms. The summed E-state index contributed by atoms with van der Waals surface area (Å²) >= 11 is 0. The first-order chi connectivity index (χ1) is 7.81. The summed E-state index contributed by atoms with van der Waals surface area (Å²) < 4.78 is 6.84. The molecule has 2 aromatic rings. The molecule has 0 fully saturated rings. The van der Waals surface area contributed by atoms with Gasteiger partial charge in [0.05, 0.1) is 19.0 Å². The highest BCUT2D eigenvalue weighted by atomic mass is 16.5. The zero-order chi connectivity index (χ0) is 11.4. The van der Waals surface area contributed by atoms with Crippen LogP contribution in [0.4, 0.5) is 11.5 Å². The highest BCUT2D eigenvalue weighted by Crippen LogP contribution is 2.16. The van der Waals surface area contributed by atoms with Gasteiger partial charge in [0.15, 0.2) is 0 Å². The first kappa shape index (κ1) is 10.4. The van der Waals surface area contributed by atoms with Crippen molar-refractivity contribution in [3.05, 3.63) is 24.8 Å². The summed E-state index contributed by atoms with van der Waals surface area (Å²) in [5.74, 6) is 1.21. The van der Waals surface area contributed by atoms with E-state index in [1.807, 2.05) is 17.8 Å². The Kier molecular flexibility index (Phi) is 3.00. The van der Waals surface area contributed by atoms with Crippen molar-refractivity contribution >= 4 is 11.5 Å². The molecule has 0 aliphatic rings. The number of methoxy groups -OCH3 is 1. The van der Waals surface area contributed by atoms with Gasteiger partial charge in [0.25, 0.3) is 0 Å². The first-order valence-electron chi connectivity index (χ1n) is 4.97. The molecule has 0 saturated carbocycles. The molecule has 0 bridgehead atoms. The molecule has 0 aromatic carbocycles. The number of hydrogen-bond donors (Lipinski definition) is 1. The van der Waals surface area contributed by atoms with Crippen molar-refractivity contribution in [2.24, 2.45) is 0 Å². The Balaban J connectivity index is 2.13. The molecule has 0 aliphatic carbocycles. The quantitative estimate of drug-likeness (QED) is 0.843. The Morgan fingerprint density at radius 2 is 2.31 bits per heavy atom. The highest BCUT2D eigenvalue weighted by Gasteiger charge is 2.01. The first-order valence-corrected chi connectivity index (χ1v) is 4.97. The van der Waals surface area contributed by atoms with E-state index in [-0.39, 0.29) is 0 Å². The van der Waals surface area contributed by atoms with Crippen molar-refractivity contribution in [2.45, 2.75) is 13.5 Å². The van der Waals surface area contributed by atoms with E-state index < -0.39 is 0 Å². The maximum atomic E-state index is 5.01. The average molecular weight is 219 g/mol. The summed E-state index contributed by atoms with van der Waals surface area (Å²) in [4.78, 5) is 8.01. The number of nitrogens with one attached hydrogen (secondary N) is 1. The number of rotatable bonds is 4. The van der Waals surface area contributed by atoms with Crippen molar-refractivity contribution in [1.82, 2.24) is 19.7 Å². The van der Waals surface area contributed by atoms with E-state index in [1.54, 1.807) is 19.4 Å². The van der Waals surface area contributed by atoms with Gasteiger partial charge < -0.3 is 10.1 Å². The lowest BCUT2D eigenvalue weighted by Crippen LogP contribution is -1.95. The molecule has 6 heteroatoms. The molecular weight excluding hydrogens is 206 g/mol.